The number of carboxylic acids is 1. The number of carbonyl (C=O) groups excluding carboxylic acids is 1. The third-order valence-electron chi connectivity index (χ3n) is 3.93. The number of hydrogen-bond donors (Lipinski definition) is 1. The van der Waals surface area contributed by atoms with Crippen molar-refractivity contribution in [2.24, 2.45) is 11.8 Å². The standard InChI is InChI=1S/C16H20O4/c1-2-14-13(15(17)18)10-12(16(19)20-14)9-8-11-6-4-3-5-7-11/h3-7,12-14H,2,8-10H2,1H3,(H,17,18)/t12-,13?,14?/m0/s1. The van der Waals surface area contributed by atoms with Crippen molar-refractivity contribution in [2.45, 2.75) is 38.7 Å². The maximum Gasteiger partial charge on any atom is 0.310 e. The van der Waals surface area contributed by atoms with E-state index in [9.17, 15) is 14.7 Å². The molecule has 0 radical (unpaired) electrons. The first-order chi connectivity index (χ1) is 9.61. The van der Waals surface area contributed by atoms with Gasteiger partial charge in [0.1, 0.15) is 6.10 Å². The molecule has 1 N–H and O–H groups in total. The topological polar surface area (TPSA) is 63.6 Å². The lowest BCUT2D eigenvalue weighted by molar-refractivity contribution is -0.173. The van der Waals surface area contributed by atoms with Crippen LogP contribution >= 0.6 is 0 Å². The van der Waals surface area contributed by atoms with Crippen LogP contribution < -0.4 is 0 Å². The van der Waals surface area contributed by atoms with Crippen molar-refractivity contribution in [3.05, 3.63) is 35.9 Å². The molecule has 2 rings (SSSR count). The lowest BCUT2D eigenvalue weighted by atomic mass is 9.83. The molecule has 1 aromatic rings. The van der Waals surface area contributed by atoms with Gasteiger partial charge in [-0.15, -0.1) is 0 Å². The number of hydrogen-bond acceptors (Lipinski definition) is 3. The minimum atomic E-state index is -0.867. The van der Waals surface area contributed by atoms with Gasteiger partial charge in [0.15, 0.2) is 0 Å². The first kappa shape index (κ1) is 14.6. The Morgan fingerprint density at radius 2 is 2.05 bits per heavy atom. The first-order valence-electron chi connectivity index (χ1n) is 7.09. The largest absolute Gasteiger partial charge is 0.481 e. The van der Waals surface area contributed by atoms with E-state index in [-0.39, 0.29) is 11.9 Å². The van der Waals surface area contributed by atoms with E-state index >= 15 is 0 Å². The Labute approximate surface area is 118 Å². The summed E-state index contributed by atoms with van der Waals surface area (Å²) in [5, 5.41) is 9.24. The Kier molecular flexibility index (Phi) is 4.77. The van der Waals surface area contributed by atoms with Crippen LogP contribution in [-0.2, 0) is 20.7 Å². The van der Waals surface area contributed by atoms with E-state index in [4.69, 9.17) is 4.74 Å². The van der Waals surface area contributed by atoms with Gasteiger partial charge in [0.05, 0.1) is 11.8 Å². The summed E-state index contributed by atoms with van der Waals surface area (Å²) in [6.07, 6.45) is 1.87. The zero-order chi connectivity index (χ0) is 14.5. The van der Waals surface area contributed by atoms with Gasteiger partial charge < -0.3 is 9.84 Å². The number of carboxylic acid groups (broad SMARTS) is 1. The van der Waals surface area contributed by atoms with Gasteiger partial charge in [0.25, 0.3) is 0 Å². The minimum Gasteiger partial charge on any atom is -0.481 e. The van der Waals surface area contributed by atoms with Crippen molar-refractivity contribution in [3.63, 3.8) is 0 Å². The van der Waals surface area contributed by atoms with Crippen LogP contribution in [0.5, 0.6) is 0 Å². The average Bonchev–Trinajstić information content (AvgIpc) is 2.46. The van der Waals surface area contributed by atoms with Crippen molar-refractivity contribution in [3.8, 4) is 0 Å². The summed E-state index contributed by atoms with van der Waals surface area (Å²) < 4.78 is 5.29. The molecule has 1 aliphatic rings. The van der Waals surface area contributed by atoms with Gasteiger partial charge in [-0.05, 0) is 31.2 Å². The van der Waals surface area contributed by atoms with Gasteiger partial charge >= 0.3 is 11.9 Å². The van der Waals surface area contributed by atoms with Gasteiger partial charge in [-0.2, -0.15) is 0 Å². The molecule has 0 aliphatic carbocycles. The second kappa shape index (κ2) is 6.55. The highest BCUT2D eigenvalue weighted by atomic mass is 16.5. The van der Waals surface area contributed by atoms with E-state index in [0.717, 1.165) is 12.0 Å². The number of ether oxygens (including phenoxy) is 1. The highest BCUT2D eigenvalue weighted by Gasteiger charge is 2.40. The predicted molar refractivity (Wildman–Crippen MR) is 74.2 cm³/mol. The normalized spacial score (nSPS) is 26.1. The van der Waals surface area contributed by atoms with Crippen LogP contribution in [-0.4, -0.2) is 23.1 Å². The fraction of sp³-hybridized carbons (Fsp3) is 0.500. The van der Waals surface area contributed by atoms with Crippen LogP contribution in [0, 0.1) is 11.8 Å². The van der Waals surface area contributed by atoms with Gasteiger partial charge in [-0.3, -0.25) is 9.59 Å². The van der Waals surface area contributed by atoms with Crippen molar-refractivity contribution in [1.29, 1.82) is 0 Å². The number of rotatable bonds is 5. The zero-order valence-corrected chi connectivity index (χ0v) is 11.6. The quantitative estimate of drug-likeness (QED) is 0.840. The fourth-order valence-electron chi connectivity index (χ4n) is 2.73. The second-order valence-corrected chi connectivity index (χ2v) is 5.29. The molecule has 4 nitrogen and oxygen atoms in total. The molecule has 1 aliphatic heterocycles. The molecule has 4 heteroatoms. The van der Waals surface area contributed by atoms with Gasteiger partial charge in [-0.1, -0.05) is 37.3 Å². The Morgan fingerprint density at radius 1 is 1.35 bits per heavy atom. The van der Waals surface area contributed by atoms with Crippen LogP contribution in [0.15, 0.2) is 30.3 Å². The molecule has 0 aromatic heterocycles. The van der Waals surface area contributed by atoms with Crippen LogP contribution in [0.3, 0.4) is 0 Å². The number of cyclic esters (lactones) is 1. The lowest BCUT2D eigenvalue weighted by Gasteiger charge is -2.32. The Hall–Kier alpha value is -1.84. The Morgan fingerprint density at radius 3 is 2.65 bits per heavy atom. The summed E-state index contributed by atoms with van der Waals surface area (Å²) in [5.41, 5.74) is 1.16. The van der Waals surface area contributed by atoms with Gasteiger partial charge in [-0.25, -0.2) is 0 Å². The van der Waals surface area contributed by atoms with Crippen molar-refractivity contribution >= 4 is 11.9 Å². The summed E-state index contributed by atoms with van der Waals surface area (Å²) >= 11 is 0. The summed E-state index contributed by atoms with van der Waals surface area (Å²) in [4.78, 5) is 23.2. The molecular formula is C16H20O4. The Balaban J connectivity index is 1.97. The number of benzene rings is 1. The van der Waals surface area contributed by atoms with Crippen LogP contribution in [0.4, 0.5) is 0 Å². The van der Waals surface area contributed by atoms with E-state index in [1.165, 1.54) is 0 Å². The molecule has 1 aromatic carbocycles. The van der Waals surface area contributed by atoms with Gasteiger partial charge in [0.2, 0.25) is 0 Å². The molecule has 20 heavy (non-hydrogen) atoms. The molecule has 2 unspecified atom stereocenters. The summed E-state index contributed by atoms with van der Waals surface area (Å²) in [6.45, 7) is 1.85. The van der Waals surface area contributed by atoms with Crippen molar-refractivity contribution < 1.29 is 19.4 Å². The van der Waals surface area contributed by atoms with E-state index in [2.05, 4.69) is 0 Å². The second-order valence-electron chi connectivity index (χ2n) is 5.29. The Bertz CT molecular complexity index is 469. The summed E-state index contributed by atoms with van der Waals surface area (Å²) in [6, 6.07) is 9.89. The van der Waals surface area contributed by atoms with Gasteiger partial charge in [0, 0.05) is 0 Å². The zero-order valence-electron chi connectivity index (χ0n) is 11.6. The third-order valence-corrected chi connectivity index (χ3v) is 3.93. The van der Waals surface area contributed by atoms with E-state index < -0.39 is 18.0 Å². The lowest BCUT2D eigenvalue weighted by Crippen LogP contribution is -2.41. The SMILES string of the molecule is CCC1OC(=O)[C@@H](CCc2ccccc2)CC1C(=O)O. The maximum absolute atomic E-state index is 11.9. The minimum absolute atomic E-state index is 0.245. The van der Waals surface area contributed by atoms with Crippen molar-refractivity contribution in [1.82, 2.24) is 0 Å². The molecule has 1 fully saturated rings. The number of aliphatic carboxylic acids is 1. The molecule has 3 atom stereocenters. The first-order valence-corrected chi connectivity index (χ1v) is 7.09. The van der Waals surface area contributed by atoms with E-state index in [1.54, 1.807) is 0 Å². The van der Waals surface area contributed by atoms with E-state index in [1.807, 2.05) is 37.3 Å². The molecule has 1 heterocycles. The molecular weight excluding hydrogens is 256 g/mol. The maximum atomic E-state index is 11.9. The third kappa shape index (κ3) is 3.38. The monoisotopic (exact) mass is 276 g/mol. The van der Waals surface area contributed by atoms with Crippen molar-refractivity contribution in [2.75, 3.05) is 0 Å². The number of esters is 1. The number of aryl methyl sites for hydroxylation is 1. The molecule has 0 saturated carbocycles. The molecule has 1 saturated heterocycles. The molecule has 0 spiro atoms. The smallest absolute Gasteiger partial charge is 0.310 e. The predicted octanol–water partition coefficient (Wildman–Crippen LogP) is 2.66. The van der Waals surface area contributed by atoms with E-state index in [0.29, 0.717) is 19.3 Å². The molecule has 0 amide bonds. The highest BCUT2D eigenvalue weighted by molar-refractivity contribution is 5.78. The molecule has 0 bridgehead atoms. The van der Waals surface area contributed by atoms with Crippen LogP contribution in [0.25, 0.3) is 0 Å². The number of carbonyl (C=O) groups is 2. The highest BCUT2D eigenvalue weighted by Crippen LogP contribution is 2.31. The van der Waals surface area contributed by atoms with Crippen LogP contribution in [0.1, 0.15) is 31.7 Å². The summed E-state index contributed by atoms with van der Waals surface area (Å²) in [7, 11) is 0. The van der Waals surface area contributed by atoms with Crippen LogP contribution in [0.2, 0.25) is 0 Å². The molecule has 108 valence electrons. The average molecular weight is 276 g/mol. The summed E-state index contributed by atoms with van der Waals surface area (Å²) in [5.74, 6) is -1.99. The fourth-order valence-corrected chi connectivity index (χ4v) is 2.73.